The summed E-state index contributed by atoms with van der Waals surface area (Å²) >= 11 is 0. The number of nitrogens with one attached hydrogen (secondary N) is 1. The highest BCUT2D eigenvalue weighted by Gasteiger charge is 2.07. The zero-order valence-corrected chi connectivity index (χ0v) is 9.08. The van der Waals surface area contributed by atoms with E-state index < -0.39 is 0 Å². The van der Waals surface area contributed by atoms with Gasteiger partial charge in [-0.15, -0.1) is 0 Å². The Morgan fingerprint density at radius 3 is 2.86 bits per heavy atom. The molecular formula is C9H21N3O2. The van der Waals surface area contributed by atoms with Crippen molar-refractivity contribution in [3.8, 4) is 0 Å². The molecule has 0 aromatic carbocycles. The second-order valence-electron chi connectivity index (χ2n) is 3.11. The number of rotatable bonds is 8. The van der Waals surface area contributed by atoms with Gasteiger partial charge in [-0.25, -0.2) is 0 Å². The molecule has 5 heteroatoms. The number of carbonyl (C=O) groups is 1. The first-order chi connectivity index (χ1) is 6.72. The van der Waals surface area contributed by atoms with Crippen LogP contribution < -0.4 is 11.1 Å². The molecule has 84 valence electrons. The number of nitrogens with two attached hydrogens (primary N) is 1. The third-order valence-corrected chi connectivity index (χ3v) is 1.83. The Kier molecular flexibility index (Phi) is 8.51. The van der Waals surface area contributed by atoms with Crippen molar-refractivity contribution in [1.29, 1.82) is 0 Å². The van der Waals surface area contributed by atoms with E-state index in [1.165, 1.54) is 0 Å². The predicted octanol–water partition coefficient (Wildman–Crippen LogP) is -0.970. The lowest BCUT2D eigenvalue weighted by Gasteiger charge is -2.16. The molecule has 0 aliphatic rings. The van der Waals surface area contributed by atoms with E-state index in [0.717, 1.165) is 19.5 Å². The average molecular weight is 203 g/mol. The van der Waals surface area contributed by atoms with Gasteiger partial charge in [-0.1, -0.05) is 0 Å². The fourth-order valence-corrected chi connectivity index (χ4v) is 0.971. The summed E-state index contributed by atoms with van der Waals surface area (Å²) in [5, 5.41) is 3.03. The summed E-state index contributed by atoms with van der Waals surface area (Å²) in [6.07, 6.45) is 0.954. The maximum Gasteiger partial charge on any atom is 0.248 e. The lowest BCUT2D eigenvalue weighted by atomic mass is 10.4. The maximum atomic E-state index is 11.4. The Morgan fingerprint density at radius 1 is 1.57 bits per heavy atom. The van der Waals surface area contributed by atoms with Crippen molar-refractivity contribution in [2.24, 2.45) is 5.73 Å². The van der Waals surface area contributed by atoms with Crippen molar-refractivity contribution in [3.63, 3.8) is 0 Å². The predicted molar refractivity (Wildman–Crippen MR) is 56.1 cm³/mol. The van der Waals surface area contributed by atoms with Gasteiger partial charge < -0.3 is 20.7 Å². The van der Waals surface area contributed by atoms with Crippen LogP contribution in [-0.2, 0) is 9.53 Å². The van der Waals surface area contributed by atoms with Crippen LogP contribution in [0.1, 0.15) is 6.42 Å². The highest BCUT2D eigenvalue weighted by molar-refractivity contribution is 5.77. The molecule has 0 radical (unpaired) electrons. The van der Waals surface area contributed by atoms with Crippen LogP contribution in [0.15, 0.2) is 0 Å². The molecular weight excluding hydrogens is 182 g/mol. The van der Waals surface area contributed by atoms with Crippen molar-refractivity contribution < 1.29 is 9.53 Å². The largest absolute Gasteiger partial charge is 0.370 e. The second kappa shape index (κ2) is 8.93. The minimum absolute atomic E-state index is 0.00885. The summed E-state index contributed by atoms with van der Waals surface area (Å²) in [7, 11) is 3.68. The first-order valence-corrected chi connectivity index (χ1v) is 4.88. The monoisotopic (exact) mass is 203 g/mol. The van der Waals surface area contributed by atoms with Crippen LogP contribution >= 0.6 is 0 Å². The Hall–Kier alpha value is -0.650. The van der Waals surface area contributed by atoms with E-state index in [1.54, 1.807) is 11.9 Å². The molecule has 0 aromatic rings. The first-order valence-electron chi connectivity index (χ1n) is 4.88. The van der Waals surface area contributed by atoms with Gasteiger partial charge in [-0.05, 0) is 20.0 Å². The van der Waals surface area contributed by atoms with Crippen molar-refractivity contribution in [1.82, 2.24) is 10.2 Å². The molecule has 5 nitrogen and oxygen atoms in total. The lowest BCUT2D eigenvalue weighted by molar-refractivity contribution is -0.134. The molecule has 0 bridgehead atoms. The van der Waals surface area contributed by atoms with Crippen molar-refractivity contribution >= 4 is 5.91 Å². The molecule has 0 rings (SSSR count). The van der Waals surface area contributed by atoms with Crippen molar-refractivity contribution in [2.45, 2.75) is 6.42 Å². The summed E-state index contributed by atoms with van der Waals surface area (Å²) in [5.41, 5.74) is 5.23. The molecule has 1 amide bonds. The van der Waals surface area contributed by atoms with Gasteiger partial charge in [0.25, 0.3) is 0 Å². The molecule has 3 N–H and O–H groups in total. The number of nitrogens with zero attached hydrogens (tertiary/aromatic N) is 1. The van der Waals surface area contributed by atoms with Gasteiger partial charge in [-0.2, -0.15) is 0 Å². The zero-order valence-electron chi connectivity index (χ0n) is 9.08. The molecule has 0 unspecified atom stereocenters. The highest BCUT2D eigenvalue weighted by Crippen LogP contribution is 1.89. The Morgan fingerprint density at radius 2 is 2.29 bits per heavy atom. The van der Waals surface area contributed by atoms with E-state index in [-0.39, 0.29) is 12.5 Å². The van der Waals surface area contributed by atoms with Gasteiger partial charge in [-0.3, -0.25) is 4.79 Å². The van der Waals surface area contributed by atoms with E-state index in [0.29, 0.717) is 13.2 Å². The minimum Gasteiger partial charge on any atom is -0.370 e. The standard InChI is InChI=1S/C9H21N3O2/c1-11-5-3-6-12(2)9(13)8-14-7-4-10/h11H,3-8,10H2,1-2H3. The molecule has 0 aliphatic heterocycles. The molecule has 0 saturated heterocycles. The van der Waals surface area contributed by atoms with Crippen molar-refractivity contribution in [3.05, 3.63) is 0 Å². The molecule has 0 atom stereocenters. The molecule has 0 aliphatic carbocycles. The molecule has 0 fully saturated rings. The van der Waals surface area contributed by atoms with E-state index in [4.69, 9.17) is 10.5 Å². The summed E-state index contributed by atoms with van der Waals surface area (Å²) in [4.78, 5) is 13.0. The van der Waals surface area contributed by atoms with E-state index in [2.05, 4.69) is 5.32 Å². The maximum absolute atomic E-state index is 11.4. The summed E-state index contributed by atoms with van der Waals surface area (Å²) in [6.45, 7) is 2.70. The Labute approximate surface area is 85.6 Å². The molecule has 0 heterocycles. The van der Waals surface area contributed by atoms with Crippen LogP contribution in [0.5, 0.6) is 0 Å². The van der Waals surface area contributed by atoms with Gasteiger partial charge in [0.05, 0.1) is 6.61 Å². The highest BCUT2D eigenvalue weighted by atomic mass is 16.5. The third-order valence-electron chi connectivity index (χ3n) is 1.83. The molecule has 14 heavy (non-hydrogen) atoms. The zero-order chi connectivity index (χ0) is 10.8. The van der Waals surface area contributed by atoms with Crippen molar-refractivity contribution in [2.75, 3.05) is 46.9 Å². The summed E-state index contributed by atoms with van der Waals surface area (Å²) in [5.74, 6) is 0.00885. The van der Waals surface area contributed by atoms with Crippen LogP contribution in [0.4, 0.5) is 0 Å². The lowest BCUT2D eigenvalue weighted by Crippen LogP contribution is -2.32. The van der Waals surface area contributed by atoms with E-state index in [1.807, 2.05) is 7.05 Å². The summed E-state index contributed by atoms with van der Waals surface area (Å²) in [6, 6.07) is 0. The molecule has 0 aromatic heterocycles. The summed E-state index contributed by atoms with van der Waals surface area (Å²) < 4.78 is 5.04. The number of hydrogen-bond acceptors (Lipinski definition) is 4. The molecule has 0 saturated carbocycles. The Bertz CT molecular complexity index is 153. The first kappa shape index (κ1) is 13.4. The van der Waals surface area contributed by atoms with Gasteiger partial charge in [0.1, 0.15) is 6.61 Å². The fraction of sp³-hybridized carbons (Fsp3) is 0.889. The van der Waals surface area contributed by atoms with E-state index >= 15 is 0 Å². The van der Waals surface area contributed by atoms with Crippen LogP contribution in [-0.4, -0.2) is 57.8 Å². The SMILES string of the molecule is CNCCCN(C)C(=O)COCCN. The fourth-order valence-electron chi connectivity index (χ4n) is 0.971. The quantitative estimate of drug-likeness (QED) is 0.498. The van der Waals surface area contributed by atoms with Crippen LogP contribution in [0, 0.1) is 0 Å². The normalized spacial score (nSPS) is 10.2. The Balaban J connectivity index is 3.44. The van der Waals surface area contributed by atoms with Crippen LogP contribution in [0.2, 0.25) is 0 Å². The third kappa shape index (κ3) is 6.82. The number of ether oxygens (including phenoxy) is 1. The van der Waals surface area contributed by atoms with Gasteiger partial charge in [0, 0.05) is 20.1 Å². The van der Waals surface area contributed by atoms with E-state index in [9.17, 15) is 4.79 Å². The number of likely N-dealkylation sites (N-methyl/N-ethyl adjacent to an activating group) is 1. The number of hydrogen-bond donors (Lipinski definition) is 2. The van der Waals surface area contributed by atoms with Gasteiger partial charge in [0.2, 0.25) is 5.91 Å². The van der Waals surface area contributed by atoms with Crippen LogP contribution in [0.3, 0.4) is 0 Å². The number of amides is 1. The number of carbonyl (C=O) groups excluding carboxylic acids is 1. The topological polar surface area (TPSA) is 67.6 Å². The second-order valence-corrected chi connectivity index (χ2v) is 3.11. The van der Waals surface area contributed by atoms with Gasteiger partial charge in [0.15, 0.2) is 0 Å². The smallest absolute Gasteiger partial charge is 0.248 e. The minimum atomic E-state index is 0.00885. The van der Waals surface area contributed by atoms with Gasteiger partial charge >= 0.3 is 0 Å². The average Bonchev–Trinajstić information content (AvgIpc) is 2.18. The molecule has 0 spiro atoms. The van der Waals surface area contributed by atoms with Crippen LogP contribution in [0.25, 0.3) is 0 Å².